The molecule has 0 unspecified atom stereocenters. The summed E-state index contributed by atoms with van der Waals surface area (Å²) < 4.78 is 2.32. The lowest BCUT2D eigenvalue weighted by atomic mass is 10.1. The Morgan fingerprint density at radius 2 is 1.91 bits per heavy atom. The minimum atomic E-state index is 0.953. The van der Waals surface area contributed by atoms with Crippen molar-refractivity contribution in [2.75, 3.05) is 0 Å². The lowest BCUT2D eigenvalue weighted by molar-refractivity contribution is 0.641. The molecule has 0 aliphatic rings. The quantitative estimate of drug-likeness (QED) is 0.662. The van der Waals surface area contributed by atoms with Crippen molar-refractivity contribution in [1.29, 1.82) is 0 Å². The molecule has 0 fully saturated rings. The fourth-order valence-electron chi connectivity index (χ4n) is 2.71. The molecule has 3 rings (SSSR count). The van der Waals surface area contributed by atoms with E-state index in [0.717, 1.165) is 30.0 Å². The molecule has 1 aromatic carbocycles. The molecule has 0 aliphatic heterocycles. The first-order valence-corrected chi connectivity index (χ1v) is 8.25. The summed E-state index contributed by atoms with van der Waals surface area (Å²) in [7, 11) is 0. The first-order valence-electron chi connectivity index (χ1n) is 8.25. The average molecular weight is 305 g/mol. The summed E-state index contributed by atoms with van der Waals surface area (Å²) in [5.74, 6) is 1.00. The van der Waals surface area contributed by atoms with E-state index in [-0.39, 0.29) is 0 Å². The van der Waals surface area contributed by atoms with Crippen LogP contribution in [-0.2, 0) is 6.54 Å². The summed E-state index contributed by atoms with van der Waals surface area (Å²) in [5, 5.41) is 0. The molecule has 0 atom stereocenters. The van der Waals surface area contributed by atoms with Crippen molar-refractivity contribution in [1.82, 2.24) is 14.5 Å². The minimum absolute atomic E-state index is 0.953. The Hall–Kier alpha value is -2.42. The van der Waals surface area contributed by atoms with Crippen molar-refractivity contribution in [3.05, 3.63) is 59.2 Å². The number of hydrogen-bond donors (Lipinski definition) is 0. The van der Waals surface area contributed by atoms with Crippen molar-refractivity contribution in [3.8, 4) is 0 Å². The fourth-order valence-corrected chi connectivity index (χ4v) is 2.71. The summed E-state index contributed by atoms with van der Waals surface area (Å²) >= 11 is 0. The molecule has 0 saturated carbocycles. The van der Waals surface area contributed by atoms with Crippen molar-refractivity contribution >= 4 is 23.2 Å². The van der Waals surface area contributed by atoms with Gasteiger partial charge in [0.15, 0.2) is 0 Å². The van der Waals surface area contributed by atoms with Gasteiger partial charge in [0.05, 0.1) is 16.7 Å². The molecule has 118 valence electrons. The molecule has 3 nitrogen and oxygen atoms in total. The minimum Gasteiger partial charge on any atom is -0.324 e. The zero-order chi connectivity index (χ0) is 16.2. The number of unbranched alkanes of at least 4 members (excludes halogenated alkanes) is 1. The van der Waals surface area contributed by atoms with E-state index >= 15 is 0 Å². The zero-order valence-electron chi connectivity index (χ0n) is 14.1. The smallest absolute Gasteiger partial charge is 0.133 e. The third-order valence-corrected chi connectivity index (χ3v) is 4.22. The van der Waals surface area contributed by atoms with Gasteiger partial charge >= 0.3 is 0 Å². The molecule has 0 aliphatic carbocycles. The van der Waals surface area contributed by atoms with Gasteiger partial charge in [0, 0.05) is 12.7 Å². The van der Waals surface area contributed by atoms with Crippen molar-refractivity contribution in [2.24, 2.45) is 0 Å². The Kier molecular flexibility index (Phi) is 4.56. The molecule has 0 spiro atoms. The predicted molar refractivity (Wildman–Crippen MR) is 97.3 cm³/mol. The molecule has 2 aromatic heterocycles. The van der Waals surface area contributed by atoms with Crippen LogP contribution in [0.25, 0.3) is 23.2 Å². The second kappa shape index (κ2) is 6.78. The molecule has 0 radical (unpaired) electrons. The standard InChI is InChI=1S/C20H23N3/c1-4-5-12-23-19-14-16(3)15(2)13-18(19)22-20(23)10-9-17-8-6-7-11-21-17/h6-11,13-14H,4-5,12H2,1-3H3. The van der Waals surface area contributed by atoms with E-state index in [1.165, 1.54) is 23.1 Å². The van der Waals surface area contributed by atoms with E-state index in [1.54, 1.807) is 0 Å². The third-order valence-electron chi connectivity index (χ3n) is 4.22. The summed E-state index contributed by atoms with van der Waals surface area (Å²) in [4.78, 5) is 9.17. The third kappa shape index (κ3) is 3.34. The largest absolute Gasteiger partial charge is 0.324 e. The topological polar surface area (TPSA) is 30.7 Å². The zero-order valence-corrected chi connectivity index (χ0v) is 14.1. The SMILES string of the molecule is CCCCn1c(C=Cc2ccccn2)nc2cc(C)c(C)cc21. The highest BCUT2D eigenvalue weighted by Crippen LogP contribution is 2.22. The summed E-state index contributed by atoms with van der Waals surface area (Å²) in [6, 6.07) is 10.4. The van der Waals surface area contributed by atoms with Crippen LogP contribution < -0.4 is 0 Å². The van der Waals surface area contributed by atoms with Crippen molar-refractivity contribution < 1.29 is 0 Å². The number of pyridine rings is 1. The Morgan fingerprint density at radius 1 is 1.09 bits per heavy atom. The predicted octanol–water partition coefficient (Wildman–Crippen LogP) is 5.02. The van der Waals surface area contributed by atoms with Crippen LogP contribution in [0.3, 0.4) is 0 Å². The van der Waals surface area contributed by atoms with Gasteiger partial charge in [-0.05, 0) is 67.8 Å². The maximum atomic E-state index is 4.83. The fraction of sp³-hybridized carbons (Fsp3) is 0.300. The molecular formula is C20H23N3. The van der Waals surface area contributed by atoms with Crippen molar-refractivity contribution in [2.45, 2.75) is 40.2 Å². The second-order valence-electron chi connectivity index (χ2n) is 5.99. The lowest BCUT2D eigenvalue weighted by Crippen LogP contribution is -2.00. The molecule has 2 heterocycles. The van der Waals surface area contributed by atoms with Gasteiger partial charge in [-0.25, -0.2) is 4.98 Å². The van der Waals surface area contributed by atoms with Crippen LogP contribution in [0.5, 0.6) is 0 Å². The first-order chi connectivity index (χ1) is 11.2. The Morgan fingerprint density at radius 3 is 2.65 bits per heavy atom. The molecule has 3 heteroatoms. The number of benzene rings is 1. The van der Waals surface area contributed by atoms with Gasteiger partial charge in [-0.15, -0.1) is 0 Å². The van der Waals surface area contributed by atoms with E-state index in [2.05, 4.69) is 48.5 Å². The van der Waals surface area contributed by atoms with Crippen molar-refractivity contribution in [3.63, 3.8) is 0 Å². The first kappa shape index (κ1) is 15.5. The summed E-state index contributed by atoms with van der Waals surface area (Å²) in [6.45, 7) is 7.52. The number of rotatable bonds is 5. The van der Waals surface area contributed by atoms with E-state index in [1.807, 2.05) is 30.5 Å². The van der Waals surface area contributed by atoms with Crippen LogP contribution in [0.1, 0.15) is 42.4 Å². The van der Waals surface area contributed by atoms with Gasteiger partial charge in [0.25, 0.3) is 0 Å². The van der Waals surface area contributed by atoms with E-state index in [9.17, 15) is 0 Å². The molecule has 3 aromatic rings. The summed E-state index contributed by atoms with van der Waals surface area (Å²) in [6.07, 6.45) is 8.25. The number of aryl methyl sites for hydroxylation is 3. The maximum Gasteiger partial charge on any atom is 0.133 e. The Bertz CT molecular complexity index is 829. The molecule has 0 amide bonds. The van der Waals surface area contributed by atoms with Crippen LogP contribution in [0.2, 0.25) is 0 Å². The van der Waals surface area contributed by atoms with Gasteiger partial charge in [-0.3, -0.25) is 4.98 Å². The van der Waals surface area contributed by atoms with E-state index in [0.29, 0.717) is 0 Å². The van der Waals surface area contributed by atoms with Crippen LogP contribution in [0, 0.1) is 13.8 Å². The highest BCUT2D eigenvalue weighted by atomic mass is 15.1. The van der Waals surface area contributed by atoms with Gasteiger partial charge in [0.2, 0.25) is 0 Å². The van der Waals surface area contributed by atoms with Crippen LogP contribution in [0.4, 0.5) is 0 Å². The number of fused-ring (bicyclic) bond motifs is 1. The summed E-state index contributed by atoms with van der Waals surface area (Å²) in [5.41, 5.74) is 5.86. The maximum absolute atomic E-state index is 4.83. The average Bonchev–Trinajstić information content (AvgIpc) is 2.89. The molecule has 0 N–H and O–H groups in total. The normalized spacial score (nSPS) is 11.6. The van der Waals surface area contributed by atoms with Gasteiger partial charge in [-0.2, -0.15) is 0 Å². The number of hydrogen-bond acceptors (Lipinski definition) is 2. The molecule has 0 bridgehead atoms. The number of imidazole rings is 1. The van der Waals surface area contributed by atoms with Crippen LogP contribution in [0.15, 0.2) is 36.5 Å². The molecule has 0 saturated heterocycles. The highest BCUT2D eigenvalue weighted by Gasteiger charge is 2.10. The lowest BCUT2D eigenvalue weighted by Gasteiger charge is -2.07. The van der Waals surface area contributed by atoms with Gasteiger partial charge in [-0.1, -0.05) is 19.4 Å². The Balaban J connectivity index is 2.05. The molecule has 23 heavy (non-hydrogen) atoms. The van der Waals surface area contributed by atoms with E-state index < -0.39 is 0 Å². The van der Waals surface area contributed by atoms with E-state index in [4.69, 9.17) is 4.98 Å². The second-order valence-corrected chi connectivity index (χ2v) is 5.99. The highest BCUT2D eigenvalue weighted by molar-refractivity contribution is 5.81. The Labute approximate surface area is 137 Å². The van der Waals surface area contributed by atoms with Gasteiger partial charge < -0.3 is 4.57 Å². The molecular weight excluding hydrogens is 282 g/mol. The number of nitrogens with zero attached hydrogens (tertiary/aromatic N) is 3. The number of aromatic nitrogens is 3. The van der Waals surface area contributed by atoms with Crippen LogP contribution >= 0.6 is 0 Å². The van der Waals surface area contributed by atoms with Crippen LogP contribution in [-0.4, -0.2) is 14.5 Å². The monoisotopic (exact) mass is 305 g/mol. The van der Waals surface area contributed by atoms with Gasteiger partial charge in [0.1, 0.15) is 5.82 Å².